The molecule has 1 aliphatic heterocycles. The minimum Gasteiger partial charge on any atom is -0.480 e. The number of hydrogen-bond donors (Lipinski definition) is 2. The molecule has 1 saturated heterocycles. The summed E-state index contributed by atoms with van der Waals surface area (Å²) in [6.07, 6.45) is 0.889. The van der Waals surface area contributed by atoms with Gasteiger partial charge in [-0.25, -0.2) is 8.42 Å². The molecular weight excluding hydrogens is 361 g/mol. The third-order valence-corrected chi connectivity index (χ3v) is 6.33. The second-order valence-electron chi connectivity index (χ2n) is 4.67. The van der Waals surface area contributed by atoms with Crippen molar-refractivity contribution >= 4 is 50.5 Å². The Kier molecular flexibility index (Phi) is 5.50. The molecule has 21 heavy (non-hydrogen) atoms. The van der Waals surface area contributed by atoms with Crippen LogP contribution < -0.4 is 4.72 Å². The summed E-state index contributed by atoms with van der Waals surface area (Å²) in [5.41, 5.74) is 0. The number of rotatable bonds is 6. The van der Waals surface area contributed by atoms with Gasteiger partial charge in [-0.3, -0.25) is 4.79 Å². The van der Waals surface area contributed by atoms with Crippen LogP contribution in [0.1, 0.15) is 12.8 Å². The van der Waals surface area contributed by atoms with Gasteiger partial charge in [0.05, 0.1) is 4.34 Å². The van der Waals surface area contributed by atoms with Gasteiger partial charge in [-0.15, -0.1) is 11.3 Å². The van der Waals surface area contributed by atoms with Crippen LogP contribution in [-0.2, 0) is 19.6 Å². The highest BCUT2D eigenvalue weighted by molar-refractivity contribution is 7.89. The normalized spacial score (nSPS) is 20.6. The summed E-state index contributed by atoms with van der Waals surface area (Å²) in [6, 6.07) is -0.0227. The maximum atomic E-state index is 12.2. The van der Waals surface area contributed by atoms with E-state index in [1.807, 2.05) is 0 Å². The van der Waals surface area contributed by atoms with E-state index in [4.69, 9.17) is 27.9 Å². The smallest absolute Gasteiger partial charge is 0.321 e. The van der Waals surface area contributed by atoms with E-state index in [9.17, 15) is 18.3 Å². The molecule has 1 aromatic rings. The van der Waals surface area contributed by atoms with Crippen molar-refractivity contribution in [1.29, 1.82) is 0 Å². The third kappa shape index (κ3) is 4.30. The molecule has 0 aromatic carbocycles. The van der Waals surface area contributed by atoms with Gasteiger partial charge in [0.15, 0.2) is 0 Å². The summed E-state index contributed by atoms with van der Waals surface area (Å²) >= 11 is 12.4. The van der Waals surface area contributed by atoms with E-state index in [1.54, 1.807) is 0 Å². The summed E-state index contributed by atoms with van der Waals surface area (Å²) in [4.78, 5) is 11.1. The van der Waals surface area contributed by atoms with E-state index in [0.29, 0.717) is 13.2 Å². The number of carboxylic acids is 1. The number of carboxylic acid groups (broad SMARTS) is 1. The van der Waals surface area contributed by atoms with E-state index >= 15 is 0 Å². The minimum atomic E-state index is -4.03. The van der Waals surface area contributed by atoms with Gasteiger partial charge in [-0.1, -0.05) is 23.2 Å². The summed E-state index contributed by atoms with van der Waals surface area (Å²) in [6.45, 7) is 1.01. The molecule has 0 amide bonds. The van der Waals surface area contributed by atoms with Gasteiger partial charge in [0.1, 0.15) is 15.3 Å². The molecule has 118 valence electrons. The van der Waals surface area contributed by atoms with Gasteiger partial charge in [0.2, 0.25) is 10.0 Å². The number of nitrogens with one attached hydrogen (secondary N) is 1. The fourth-order valence-corrected chi connectivity index (χ4v) is 5.41. The SMILES string of the molecule is O=C(O)C(CC1CCOC1)NS(=O)(=O)c1cc(Cl)sc1Cl. The van der Waals surface area contributed by atoms with Crippen LogP contribution in [0.15, 0.2) is 11.0 Å². The molecule has 0 saturated carbocycles. The number of hydrogen-bond acceptors (Lipinski definition) is 5. The van der Waals surface area contributed by atoms with Crippen LogP contribution in [0.4, 0.5) is 0 Å². The standard InChI is InChI=1S/C11H13Cl2NO5S2/c12-9-4-8(10(13)20-9)21(17,18)14-7(11(15)16)3-6-1-2-19-5-6/h4,6-7,14H,1-3,5H2,(H,15,16). The molecular formula is C11H13Cl2NO5S2. The first-order chi connectivity index (χ1) is 9.79. The fraction of sp³-hybridized carbons (Fsp3) is 0.545. The summed E-state index contributed by atoms with van der Waals surface area (Å²) in [5.74, 6) is -1.21. The Balaban J connectivity index is 2.15. The summed E-state index contributed by atoms with van der Waals surface area (Å²) in [5, 5.41) is 9.19. The highest BCUT2D eigenvalue weighted by Crippen LogP contribution is 2.34. The maximum Gasteiger partial charge on any atom is 0.321 e. The fourth-order valence-electron chi connectivity index (χ4n) is 2.06. The predicted octanol–water partition coefficient (Wildman–Crippen LogP) is 2.21. The monoisotopic (exact) mass is 373 g/mol. The van der Waals surface area contributed by atoms with Crippen LogP contribution in [0, 0.1) is 5.92 Å². The van der Waals surface area contributed by atoms with E-state index < -0.39 is 22.0 Å². The average molecular weight is 374 g/mol. The minimum absolute atomic E-state index is 0.000776. The number of sulfonamides is 1. The van der Waals surface area contributed by atoms with Crippen molar-refractivity contribution in [2.45, 2.75) is 23.8 Å². The molecule has 2 unspecified atom stereocenters. The number of carbonyl (C=O) groups is 1. The highest BCUT2D eigenvalue weighted by Gasteiger charge is 2.31. The maximum absolute atomic E-state index is 12.2. The van der Waals surface area contributed by atoms with E-state index in [-0.39, 0.29) is 25.9 Å². The molecule has 0 aliphatic carbocycles. The molecule has 1 aliphatic rings. The van der Waals surface area contributed by atoms with Gasteiger partial charge in [0.25, 0.3) is 0 Å². The lowest BCUT2D eigenvalue weighted by Crippen LogP contribution is -2.42. The van der Waals surface area contributed by atoms with Crippen molar-refractivity contribution in [3.05, 3.63) is 14.7 Å². The van der Waals surface area contributed by atoms with Crippen molar-refractivity contribution in [2.75, 3.05) is 13.2 Å². The second kappa shape index (κ2) is 6.80. The number of halogens is 2. The van der Waals surface area contributed by atoms with Crippen molar-refractivity contribution in [2.24, 2.45) is 5.92 Å². The molecule has 2 atom stereocenters. The van der Waals surface area contributed by atoms with Crippen molar-refractivity contribution in [3.8, 4) is 0 Å². The van der Waals surface area contributed by atoms with Gasteiger partial charge in [0, 0.05) is 13.2 Å². The van der Waals surface area contributed by atoms with E-state index in [2.05, 4.69) is 4.72 Å². The molecule has 0 radical (unpaired) electrons. The van der Waals surface area contributed by atoms with Crippen LogP contribution in [0.2, 0.25) is 8.67 Å². The lowest BCUT2D eigenvalue weighted by atomic mass is 10.00. The Bertz CT molecular complexity index is 625. The van der Waals surface area contributed by atoms with Crippen molar-refractivity contribution in [1.82, 2.24) is 4.72 Å². The van der Waals surface area contributed by atoms with E-state index in [1.165, 1.54) is 6.07 Å². The zero-order valence-corrected chi connectivity index (χ0v) is 13.9. The highest BCUT2D eigenvalue weighted by atomic mass is 35.5. The molecule has 0 bridgehead atoms. The summed E-state index contributed by atoms with van der Waals surface area (Å²) in [7, 11) is -4.03. The van der Waals surface area contributed by atoms with Gasteiger partial charge < -0.3 is 9.84 Å². The van der Waals surface area contributed by atoms with Gasteiger partial charge in [-0.2, -0.15) is 4.72 Å². The zero-order chi connectivity index (χ0) is 15.6. The van der Waals surface area contributed by atoms with Crippen LogP contribution in [0.5, 0.6) is 0 Å². The molecule has 2 rings (SSSR count). The second-order valence-corrected chi connectivity index (χ2v) is 8.63. The molecule has 10 heteroatoms. The Morgan fingerprint density at radius 2 is 2.29 bits per heavy atom. The van der Waals surface area contributed by atoms with Crippen LogP contribution >= 0.6 is 34.5 Å². The molecule has 1 fully saturated rings. The predicted molar refractivity (Wildman–Crippen MR) is 79.6 cm³/mol. The Morgan fingerprint density at radius 3 is 2.76 bits per heavy atom. The largest absolute Gasteiger partial charge is 0.480 e. The number of aliphatic carboxylic acids is 1. The molecule has 2 N–H and O–H groups in total. The lowest BCUT2D eigenvalue weighted by molar-refractivity contribution is -0.139. The van der Waals surface area contributed by atoms with Crippen LogP contribution in [0.3, 0.4) is 0 Å². The first-order valence-corrected chi connectivity index (χ1v) is 9.13. The first kappa shape index (κ1) is 17.0. The average Bonchev–Trinajstić information content (AvgIpc) is 2.98. The Morgan fingerprint density at radius 1 is 1.57 bits per heavy atom. The van der Waals surface area contributed by atoms with Gasteiger partial charge >= 0.3 is 5.97 Å². The number of thiophene rings is 1. The zero-order valence-electron chi connectivity index (χ0n) is 10.7. The lowest BCUT2D eigenvalue weighted by Gasteiger charge is -2.17. The molecule has 2 heterocycles. The Hall–Kier alpha value is -0.380. The Labute approximate surface area is 136 Å². The third-order valence-electron chi connectivity index (χ3n) is 3.10. The van der Waals surface area contributed by atoms with Crippen molar-refractivity contribution < 1.29 is 23.1 Å². The molecule has 1 aromatic heterocycles. The quantitative estimate of drug-likeness (QED) is 0.797. The van der Waals surface area contributed by atoms with Crippen LogP contribution in [-0.4, -0.2) is 38.7 Å². The molecule has 0 spiro atoms. The topological polar surface area (TPSA) is 92.7 Å². The van der Waals surface area contributed by atoms with E-state index in [0.717, 1.165) is 17.8 Å². The summed E-state index contributed by atoms with van der Waals surface area (Å²) < 4.78 is 32.0. The van der Waals surface area contributed by atoms with Crippen LogP contribution in [0.25, 0.3) is 0 Å². The first-order valence-electron chi connectivity index (χ1n) is 6.07. The molecule has 6 nitrogen and oxygen atoms in total. The number of ether oxygens (including phenoxy) is 1. The van der Waals surface area contributed by atoms with Gasteiger partial charge in [-0.05, 0) is 24.8 Å². The van der Waals surface area contributed by atoms with Crippen molar-refractivity contribution in [3.63, 3.8) is 0 Å².